The van der Waals surface area contributed by atoms with Gasteiger partial charge in [-0.05, 0) is 38.0 Å². The molecule has 2 N–H and O–H groups in total. The zero-order chi connectivity index (χ0) is 15.1. The molecule has 1 atom stereocenters. The van der Waals surface area contributed by atoms with E-state index in [1.807, 2.05) is 18.2 Å². The van der Waals surface area contributed by atoms with Crippen molar-refractivity contribution in [1.29, 1.82) is 0 Å². The van der Waals surface area contributed by atoms with E-state index in [2.05, 4.69) is 40.4 Å². The van der Waals surface area contributed by atoms with Crippen molar-refractivity contribution < 1.29 is 0 Å². The minimum Gasteiger partial charge on any atom is -0.369 e. The standard InChI is InChI=1S/C16H25ClN4/c1-3-9-19-16(18-4-2)20-14-8-10-21(12-14)15-7-5-6-13(17)11-15/h5-7,11,14H,3-4,8-10,12H2,1-2H3,(H2,18,19,20). The summed E-state index contributed by atoms with van der Waals surface area (Å²) < 4.78 is 0. The van der Waals surface area contributed by atoms with Crippen LogP contribution in [0.3, 0.4) is 0 Å². The maximum atomic E-state index is 6.07. The van der Waals surface area contributed by atoms with Crippen LogP contribution in [-0.2, 0) is 0 Å². The fourth-order valence-corrected chi connectivity index (χ4v) is 2.71. The van der Waals surface area contributed by atoms with E-state index in [4.69, 9.17) is 11.6 Å². The molecule has 116 valence electrons. The minimum atomic E-state index is 0.429. The number of aliphatic imine (C=N–C) groups is 1. The second-order valence-electron chi connectivity index (χ2n) is 5.32. The van der Waals surface area contributed by atoms with Gasteiger partial charge in [-0.25, -0.2) is 0 Å². The normalized spacial score (nSPS) is 18.9. The van der Waals surface area contributed by atoms with Crippen LogP contribution in [0.15, 0.2) is 29.3 Å². The molecule has 21 heavy (non-hydrogen) atoms. The number of nitrogens with zero attached hydrogens (tertiary/aromatic N) is 2. The van der Waals surface area contributed by atoms with Crippen LogP contribution in [-0.4, -0.2) is 38.2 Å². The van der Waals surface area contributed by atoms with Crippen molar-refractivity contribution in [3.05, 3.63) is 29.3 Å². The molecule has 5 heteroatoms. The molecule has 0 bridgehead atoms. The van der Waals surface area contributed by atoms with Gasteiger partial charge in [0, 0.05) is 42.9 Å². The second-order valence-corrected chi connectivity index (χ2v) is 5.75. The summed E-state index contributed by atoms with van der Waals surface area (Å²) in [5.74, 6) is 0.928. The van der Waals surface area contributed by atoms with E-state index in [-0.39, 0.29) is 0 Å². The molecule has 1 saturated heterocycles. The highest BCUT2D eigenvalue weighted by molar-refractivity contribution is 6.30. The van der Waals surface area contributed by atoms with E-state index in [1.165, 1.54) is 5.69 Å². The molecule has 4 nitrogen and oxygen atoms in total. The van der Waals surface area contributed by atoms with Gasteiger partial charge in [-0.2, -0.15) is 0 Å². The molecule has 1 aromatic rings. The number of halogens is 1. The molecule has 0 saturated carbocycles. The number of guanidine groups is 1. The Labute approximate surface area is 132 Å². The third-order valence-corrected chi connectivity index (χ3v) is 3.78. The Morgan fingerprint density at radius 2 is 2.29 bits per heavy atom. The Balaban J connectivity index is 1.92. The molecule has 0 spiro atoms. The van der Waals surface area contributed by atoms with Crippen LogP contribution in [0.1, 0.15) is 26.7 Å². The van der Waals surface area contributed by atoms with E-state index < -0.39 is 0 Å². The van der Waals surface area contributed by atoms with Crippen LogP contribution < -0.4 is 15.5 Å². The summed E-state index contributed by atoms with van der Waals surface area (Å²) in [5.41, 5.74) is 1.20. The summed E-state index contributed by atoms with van der Waals surface area (Å²) in [6.45, 7) is 8.02. The first kappa shape index (κ1) is 16.0. The zero-order valence-corrected chi connectivity index (χ0v) is 13.7. The third-order valence-electron chi connectivity index (χ3n) is 3.54. The van der Waals surface area contributed by atoms with Gasteiger partial charge in [0.1, 0.15) is 0 Å². The largest absolute Gasteiger partial charge is 0.369 e. The molecule has 0 aromatic heterocycles. The van der Waals surface area contributed by atoms with Crippen LogP contribution in [0.5, 0.6) is 0 Å². The summed E-state index contributed by atoms with van der Waals surface area (Å²) in [4.78, 5) is 6.93. The summed E-state index contributed by atoms with van der Waals surface area (Å²) >= 11 is 6.07. The molecule has 1 fully saturated rings. The van der Waals surface area contributed by atoms with Gasteiger partial charge in [0.05, 0.1) is 0 Å². The molecule has 0 radical (unpaired) electrons. The number of rotatable bonds is 5. The predicted molar refractivity (Wildman–Crippen MR) is 91.5 cm³/mol. The number of benzene rings is 1. The third kappa shape index (κ3) is 4.81. The first-order valence-corrected chi connectivity index (χ1v) is 8.16. The van der Waals surface area contributed by atoms with Gasteiger partial charge in [-0.15, -0.1) is 0 Å². The number of nitrogens with one attached hydrogen (secondary N) is 2. The van der Waals surface area contributed by atoms with Gasteiger partial charge < -0.3 is 15.5 Å². The van der Waals surface area contributed by atoms with Crippen LogP contribution >= 0.6 is 11.6 Å². The molecule has 0 aliphatic carbocycles. The molecule has 1 aliphatic heterocycles. The molecule has 1 unspecified atom stereocenters. The molecular weight excluding hydrogens is 284 g/mol. The lowest BCUT2D eigenvalue weighted by Crippen LogP contribution is -2.44. The van der Waals surface area contributed by atoms with Crippen LogP contribution in [0.4, 0.5) is 5.69 Å². The van der Waals surface area contributed by atoms with Crippen LogP contribution in [0.25, 0.3) is 0 Å². The Morgan fingerprint density at radius 1 is 1.43 bits per heavy atom. The maximum Gasteiger partial charge on any atom is 0.191 e. The van der Waals surface area contributed by atoms with Crippen molar-refractivity contribution in [2.45, 2.75) is 32.7 Å². The Bertz CT molecular complexity index is 475. The summed E-state index contributed by atoms with van der Waals surface area (Å²) in [6, 6.07) is 8.49. The lowest BCUT2D eigenvalue weighted by molar-refractivity contribution is 0.648. The zero-order valence-electron chi connectivity index (χ0n) is 12.9. The van der Waals surface area contributed by atoms with Gasteiger partial charge in [-0.1, -0.05) is 24.6 Å². The monoisotopic (exact) mass is 308 g/mol. The second kappa shape index (κ2) is 8.13. The SMILES string of the molecule is CCCN=C(NCC)NC1CCN(c2cccc(Cl)c2)C1. The predicted octanol–water partition coefficient (Wildman–Crippen LogP) is 2.88. The first-order valence-electron chi connectivity index (χ1n) is 7.78. The van der Waals surface area contributed by atoms with Crippen LogP contribution in [0, 0.1) is 0 Å². The van der Waals surface area contributed by atoms with Crippen molar-refractivity contribution in [3.8, 4) is 0 Å². The van der Waals surface area contributed by atoms with Gasteiger partial charge in [-0.3, -0.25) is 4.99 Å². The average molecular weight is 309 g/mol. The average Bonchev–Trinajstić information content (AvgIpc) is 2.93. The number of hydrogen-bond donors (Lipinski definition) is 2. The molecule has 1 heterocycles. The summed E-state index contributed by atoms with van der Waals surface area (Å²) in [7, 11) is 0. The van der Waals surface area contributed by atoms with Crippen molar-refractivity contribution in [1.82, 2.24) is 10.6 Å². The fraction of sp³-hybridized carbons (Fsp3) is 0.562. The highest BCUT2D eigenvalue weighted by Crippen LogP contribution is 2.23. The molecule has 2 rings (SSSR count). The van der Waals surface area contributed by atoms with Crippen LogP contribution in [0.2, 0.25) is 5.02 Å². The molecule has 1 aromatic carbocycles. The van der Waals surface area contributed by atoms with Gasteiger partial charge in [0.15, 0.2) is 5.96 Å². The van der Waals surface area contributed by atoms with Crippen molar-refractivity contribution in [2.24, 2.45) is 4.99 Å². The maximum absolute atomic E-state index is 6.07. The fourth-order valence-electron chi connectivity index (χ4n) is 2.52. The van der Waals surface area contributed by atoms with Crippen molar-refractivity contribution in [2.75, 3.05) is 31.1 Å². The lowest BCUT2D eigenvalue weighted by atomic mass is 10.2. The first-order chi connectivity index (χ1) is 10.2. The summed E-state index contributed by atoms with van der Waals surface area (Å²) in [5, 5.41) is 7.63. The van der Waals surface area contributed by atoms with E-state index in [0.29, 0.717) is 6.04 Å². The van der Waals surface area contributed by atoms with E-state index >= 15 is 0 Å². The van der Waals surface area contributed by atoms with E-state index in [9.17, 15) is 0 Å². The Hall–Kier alpha value is -1.42. The Kier molecular flexibility index (Phi) is 6.18. The highest BCUT2D eigenvalue weighted by atomic mass is 35.5. The topological polar surface area (TPSA) is 39.7 Å². The van der Waals surface area contributed by atoms with Crippen molar-refractivity contribution >= 4 is 23.2 Å². The highest BCUT2D eigenvalue weighted by Gasteiger charge is 2.23. The van der Waals surface area contributed by atoms with Gasteiger partial charge in [0.2, 0.25) is 0 Å². The molecule has 0 amide bonds. The number of anilines is 1. The number of hydrogen-bond acceptors (Lipinski definition) is 2. The van der Waals surface area contributed by atoms with E-state index in [1.54, 1.807) is 0 Å². The Morgan fingerprint density at radius 3 is 3.00 bits per heavy atom. The minimum absolute atomic E-state index is 0.429. The van der Waals surface area contributed by atoms with Crippen molar-refractivity contribution in [3.63, 3.8) is 0 Å². The lowest BCUT2D eigenvalue weighted by Gasteiger charge is -2.20. The van der Waals surface area contributed by atoms with E-state index in [0.717, 1.165) is 50.0 Å². The van der Waals surface area contributed by atoms with Gasteiger partial charge in [0.25, 0.3) is 0 Å². The van der Waals surface area contributed by atoms with Gasteiger partial charge >= 0.3 is 0 Å². The molecular formula is C16H25ClN4. The quantitative estimate of drug-likeness (QED) is 0.649. The smallest absolute Gasteiger partial charge is 0.191 e. The molecule has 1 aliphatic rings. The summed E-state index contributed by atoms with van der Waals surface area (Å²) in [6.07, 6.45) is 2.18.